The standard InChI is InChI=1S/C12H17N3OS/c1-15-9-10(13-14-15)8-11(16)4-2-5-12-6-3-7-17-12/h3,6-7,9,11,16H,2,4-5,8H2,1H3. The minimum absolute atomic E-state index is 0.313. The van der Waals surface area contributed by atoms with Gasteiger partial charge in [-0.05, 0) is 30.7 Å². The fourth-order valence-electron chi connectivity index (χ4n) is 1.80. The lowest BCUT2D eigenvalue weighted by atomic mass is 10.1. The predicted molar refractivity (Wildman–Crippen MR) is 68.0 cm³/mol. The number of thiophene rings is 1. The summed E-state index contributed by atoms with van der Waals surface area (Å²) in [5, 5.41) is 19.8. The van der Waals surface area contributed by atoms with Gasteiger partial charge in [-0.3, -0.25) is 4.68 Å². The number of nitrogens with zero attached hydrogens (tertiary/aromatic N) is 3. The Balaban J connectivity index is 1.69. The van der Waals surface area contributed by atoms with Gasteiger partial charge in [0.2, 0.25) is 0 Å². The summed E-state index contributed by atoms with van der Waals surface area (Å²) in [5.74, 6) is 0. The summed E-state index contributed by atoms with van der Waals surface area (Å²) in [6.45, 7) is 0. The van der Waals surface area contributed by atoms with E-state index in [0.717, 1.165) is 25.0 Å². The van der Waals surface area contributed by atoms with Crippen LogP contribution in [0.5, 0.6) is 0 Å². The van der Waals surface area contributed by atoms with E-state index < -0.39 is 0 Å². The Morgan fingerprint density at radius 1 is 1.53 bits per heavy atom. The maximum Gasteiger partial charge on any atom is 0.0852 e. The summed E-state index contributed by atoms with van der Waals surface area (Å²) in [7, 11) is 1.83. The highest BCUT2D eigenvalue weighted by atomic mass is 32.1. The molecule has 92 valence electrons. The van der Waals surface area contributed by atoms with Gasteiger partial charge in [-0.15, -0.1) is 16.4 Å². The molecule has 0 bridgehead atoms. The van der Waals surface area contributed by atoms with E-state index in [1.165, 1.54) is 4.88 Å². The van der Waals surface area contributed by atoms with Crippen molar-refractivity contribution in [3.05, 3.63) is 34.3 Å². The number of aromatic nitrogens is 3. The molecular formula is C12H17N3OS. The van der Waals surface area contributed by atoms with Crippen LogP contribution in [-0.4, -0.2) is 26.2 Å². The molecule has 0 saturated heterocycles. The number of aryl methyl sites for hydroxylation is 2. The first kappa shape index (κ1) is 12.3. The van der Waals surface area contributed by atoms with Crippen LogP contribution in [0.2, 0.25) is 0 Å². The first-order chi connectivity index (χ1) is 8.24. The van der Waals surface area contributed by atoms with Gasteiger partial charge in [0.05, 0.1) is 11.8 Å². The number of hydrogen-bond donors (Lipinski definition) is 1. The molecule has 5 heteroatoms. The van der Waals surface area contributed by atoms with E-state index in [-0.39, 0.29) is 6.10 Å². The molecule has 0 fully saturated rings. The van der Waals surface area contributed by atoms with Gasteiger partial charge in [0, 0.05) is 24.5 Å². The third-order valence-corrected chi connectivity index (χ3v) is 3.57. The van der Waals surface area contributed by atoms with Gasteiger partial charge in [0.25, 0.3) is 0 Å². The van der Waals surface area contributed by atoms with Gasteiger partial charge < -0.3 is 5.11 Å². The van der Waals surface area contributed by atoms with Crippen molar-refractivity contribution in [3.63, 3.8) is 0 Å². The lowest BCUT2D eigenvalue weighted by molar-refractivity contribution is 0.161. The predicted octanol–water partition coefficient (Wildman–Crippen LogP) is 1.80. The molecule has 2 aromatic rings. The number of rotatable bonds is 6. The van der Waals surface area contributed by atoms with Crippen LogP contribution in [0.3, 0.4) is 0 Å². The van der Waals surface area contributed by atoms with E-state index in [2.05, 4.69) is 27.8 Å². The van der Waals surface area contributed by atoms with Gasteiger partial charge in [-0.25, -0.2) is 0 Å². The van der Waals surface area contributed by atoms with E-state index in [9.17, 15) is 5.11 Å². The average Bonchev–Trinajstić information content (AvgIpc) is 2.90. The van der Waals surface area contributed by atoms with Crippen LogP contribution in [0.15, 0.2) is 23.7 Å². The molecule has 0 aliphatic carbocycles. The summed E-state index contributed by atoms with van der Waals surface area (Å²) in [6, 6.07) is 4.20. The van der Waals surface area contributed by atoms with Crippen LogP contribution in [0, 0.1) is 0 Å². The Morgan fingerprint density at radius 2 is 2.41 bits per heavy atom. The zero-order valence-corrected chi connectivity index (χ0v) is 10.7. The summed E-state index contributed by atoms with van der Waals surface area (Å²) in [5.41, 5.74) is 0.858. The summed E-state index contributed by atoms with van der Waals surface area (Å²) >= 11 is 1.77. The largest absolute Gasteiger partial charge is 0.393 e. The van der Waals surface area contributed by atoms with Crippen molar-refractivity contribution in [2.75, 3.05) is 0 Å². The SMILES string of the molecule is Cn1cc(CC(O)CCCc2cccs2)nn1. The zero-order valence-electron chi connectivity index (χ0n) is 9.91. The quantitative estimate of drug-likeness (QED) is 0.851. The van der Waals surface area contributed by atoms with Gasteiger partial charge in [-0.2, -0.15) is 0 Å². The second-order valence-electron chi connectivity index (χ2n) is 4.21. The lowest BCUT2D eigenvalue weighted by Gasteiger charge is -2.07. The highest BCUT2D eigenvalue weighted by molar-refractivity contribution is 7.09. The molecule has 0 aliphatic rings. The Kier molecular flexibility index (Phi) is 4.28. The third-order valence-electron chi connectivity index (χ3n) is 2.64. The van der Waals surface area contributed by atoms with Crippen LogP contribution in [0.25, 0.3) is 0 Å². The monoisotopic (exact) mass is 251 g/mol. The maximum atomic E-state index is 9.87. The third kappa shape index (κ3) is 3.94. The van der Waals surface area contributed by atoms with Crippen LogP contribution in [-0.2, 0) is 19.9 Å². The molecule has 1 N–H and O–H groups in total. The fraction of sp³-hybridized carbons (Fsp3) is 0.500. The maximum absolute atomic E-state index is 9.87. The number of hydrogen-bond acceptors (Lipinski definition) is 4. The normalized spacial score (nSPS) is 12.8. The molecule has 1 atom stereocenters. The van der Waals surface area contributed by atoms with Gasteiger partial charge in [-0.1, -0.05) is 11.3 Å². The van der Waals surface area contributed by atoms with E-state index in [1.807, 2.05) is 13.2 Å². The van der Waals surface area contributed by atoms with Crippen molar-refractivity contribution in [2.24, 2.45) is 7.05 Å². The van der Waals surface area contributed by atoms with Crippen molar-refractivity contribution in [1.82, 2.24) is 15.0 Å². The first-order valence-corrected chi connectivity index (χ1v) is 6.67. The topological polar surface area (TPSA) is 50.9 Å². The van der Waals surface area contributed by atoms with E-state index in [1.54, 1.807) is 16.0 Å². The molecular weight excluding hydrogens is 234 g/mol. The van der Waals surface area contributed by atoms with Crippen LogP contribution in [0.1, 0.15) is 23.4 Å². The van der Waals surface area contributed by atoms with Crippen molar-refractivity contribution in [2.45, 2.75) is 31.8 Å². The minimum atomic E-state index is -0.313. The molecule has 2 aromatic heterocycles. The molecule has 0 aromatic carbocycles. The van der Waals surface area contributed by atoms with Crippen LogP contribution < -0.4 is 0 Å². The molecule has 17 heavy (non-hydrogen) atoms. The van der Waals surface area contributed by atoms with Crippen LogP contribution in [0.4, 0.5) is 0 Å². The summed E-state index contributed by atoms with van der Waals surface area (Å²) in [4.78, 5) is 1.39. The summed E-state index contributed by atoms with van der Waals surface area (Å²) in [6.07, 6.45) is 5.01. The first-order valence-electron chi connectivity index (χ1n) is 5.79. The van der Waals surface area contributed by atoms with Crippen molar-refractivity contribution in [3.8, 4) is 0 Å². The Morgan fingerprint density at radius 3 is 3.06 bits per heavy atom. The average molecular weight is 251 g/mol. The highest BCUT2D eigenvalue weighted by Gasteiger charge is 2.08. The molecule has 0 amide bonds. The van der Waals surface area contributed by atoms with Gasteiger partial charge >= 0.3 is 0 Å². The second-order valence-corrected chi connectivity index (χ2v) is 5.25. The Hall–Kier alpha value is -1.20. The second kappa shape index (κ2) is 5.93. The Bertz CT molecular complexity index is 438. The lowest BCUT2D eigenvalue weighted by Crippen LogP contribution is -2.11. The van der Waals surface area contributed by atoms with Crippen molar-refractivity contribution < 1.29 is 5.11 Å². The number of aliphatic hydroxyl groups excluding tert-OH is 1. The molecule has 0 saturated carbocycles. The number of aliphatic hydroxyl groups is 1. The minimum Gasteiger partial charge on any atom is -0.393 e. The highest BCUT2D eigenvalue weighted by Crippen LogP contribution is 2.13. The van der Waals surface area contributed by atoms with Gasteiger partial charge in [0.1, 0.15) is 0 Å². The smallest absolute Gasteiger partial charge is 0.0852 e. The molecule has 4 nitrogen and oxygen atoms in total. The molecule has 2 rings (SSSR count). The Labute approximate surface area is 105 Å². The van der Waals surface area contributed by atoms with Gasteiger partial charge in [0.15, 0.2) is 0 Å². The molecule has 0 spiro atoms. The molecule has 0 radical (unpaired) electrons. The molecule has 2 heterocycles. The van der Waals surface area contributed by atoms with Crippen molar-refractivity contribution >= 4 is 11.3 Å². The summed E-state index contributed by atoms with van der Waals surface area (Å²) < 4.78 is 1.66. The van der Waals surface area contributed by atoms with E-state index in [4.69, 9.17) is 0 Å². The van der Waals surface area contributed by atoms with Crippen LogP contribution >= 0.6 is 11.3 Å². The van der Waals surface area contributed by atoms with Crippen molar-refractivity contribution in [1.29, 1.82) is 0 Å². The van der Waals surface area contributed by atoms with E-state index >= 15 is 0 Å². The zero-order chi connectivity index (χ0) is 12.1. The van der Waals surface area contributed by atoms with E-state index in [0.29, 0.717) is 6.42 Å². The molecule has 0 aliphatic heterocycles. The fourth-order valence-corrected chi connectivity index (χ4v) is 2.55. The molecule has 1 unspecified atom stereocenters.